The average Bonchev–Trinajstić information content (AvgIpc) is 1.82. The minimum absolute atomic E-state index is 0.0299. The van der Waals surface area contributed by atoms with E-state index >= 15 is 0 Å². The predicted octanol–water partition coefficient (Wildman–Crippen LogP) is 11.1. The Kier molecular flexibility index (Phi) is 22.6. The molecule has 1 saturated heterocycles. The van der Waals surface area contributed by atoms with E-state index in [1.807, 2.05) is 97.5 Å². The van der Waals surface area contributed by atoms with E-state index in [1.54, 1.807) is 85.2 Å². The van der Waals surface area contributed by atoms with E-state index in [0.717, 1.165) is 57.0 Å². The lowest BCUT2D eigenvalue weighted by atomic mass is 9.89. The second kappa shape index (κ2) is 32.5. The number of ketones is 3. The number of carbonyl (C=O) groups excluding carboxylic acids is 9. The first-order valence-electron chi connectivity index (χ1n) is 37.0. The summed E-state index contributed by atoms with van der Waals surface area (Å²) in [6.07, 6.45) is 3.58. The predicted molar refractivity (Wildman–Crippen MR) is 405 cm³/mol. The van der Waals surface area contributed by atoms with Crippen LogP contribution in [0.15, 0.2) is 133 Å². The van der Waals surface area contributed by atoms with Crippen LogP contribution in [0.2, 0.25) is 0 Å². The third-order valence-electron chi connectivity index (χ3n) is 21.3. The van der Waals surface area contributed by atoms with Gasteiger partial charge in [0.2, 0.25) is 17.7 Å². The van der Waals surface area contributed by atoms with Gasteiger partial charge in [0.05, 0.1) is 99.6 Å². The topological polar surface area (TPSA) is 309 Å². The van der Waals surface area contributed by atoms with Crippen LogP contribution in [0.25, 0.3) is 28.1 Å². The zero-order chi connectivity index (χ0) is 76.9. The molecule has 7 aromatic rings. The first kappa shape index (κ1) is 75.7. The molecule has 1 aromatic heterocycles. The van der Waals surface area contributed by atoms with Gasteiger partial charge in [0.1, 0.15) is 23.8 Å². The summed E-state index contributed by atoms with van der Waals surface area (Å²) >= 11 is 0. The molecule has 2 fully saturated rings. The van der Waals surface area contributed by atoms with Gasteiger partial charge in [0.25, 0.3) is 11.8 Å². The van der Waals surface area contributed by atoms with Crippen LogP contribution in [0.3, 0.4) is 0 Å². The summed E-state index contributed by atoms with van der Waals surface area (Å²) in [5.41, 5.74) is 8.68. The van der Waals surface area contributed by atoms with Crippen LogP contribution < -0.4 is 44.1 Å². The summed E-state index contributed by atoms with van der Waals surface area (Å²) in [4.78, 5) is 135. The molecule has 6 amide bonds. The van der Waals surface area contributed by atoms with Gasteiger partial charge >= 0.3 is 6.09 Å². The molecule has 6 aliphatic rings. The highest BCUT2D eigenvalue weighted by molar-refractivity contribution is 6.08. The lowest BCUT2D eigenvalue weighted by Crippen LogP contribution is -2.50. The molecular weight excluding hydrogens is 1390 g/mol. The van der Waals surface area contributed by atoms with E-state index in [-0.39, 0.29) is 147 Å². The Morgan fingerprint density at radius 2 is 1.38 bits per heavy atom. The van der Waals surface area contributed by atoms with Gasteiger partial charge in [-0.1, -0.05) is 97.9 Å². The van der Waals surface area contributed by atoms with Gasteiger partial charge in [-0.3, -0.25) is 43.3 Å². The molecule has 3 N–H and O–H groups in total. The van der Waals surface area contributed by atoms with Crippen molar-refractivity contribution in [1.29, 1.82) is 0 Å². The number of anilines is 2. The summed E-state index contributed by atoms with van der Waals surface area (Å²) in [6.45, 7) is 9.49. The van der Waals surface area contributed by atoms with E-state index in [9.17, 15) is 48.3 Å². The third-order valence-corrected chi connectivity index (χ3v) is 21.3. The van der Waals surface area contributed by atoms with Crippen molar-refractivity contribution in [3.8, 4) is 51.3 Å². The monoisotopic (exact) mass is 1480 g/mol. The SMILES string of the molecule is COc1ccc(C2=CN3C(=O)c4cc(OC)c(OCCCOc5cc6c(cc5OC)C(=O)N5CC7(CC7)C[C@H]5C(O)N6C(=O)OCc5ccc(CC(=O)[C@H](C)NC(=O)[C@@H](CC(=O)CNC(=O)CCC(=O)CCC(=O)N6Cc7ccccc7-c7c(nnn7C(C)C)-c7ccccc76)C(C)C)cc5)cc4N=C[C@@H]3C2)cc1. The lowest BCUT2D eigenvalue weighted by Gasteiger charge is -2.31. The molecule has 13 rings (SSSR count). The zero-order valence-corrected chi connectivity index (χ0v) is 62.4. The van der Waals surface area contributed by atoms with Gasteiger partial charge in [-0.15, -0.1) is 5.10 Å². The molecule has 26 nitrogen and oxygen atoms in total. The summed E-state index contributed by atoms with van der Waals surface area (Å²) in [5.74, 6) is -2.21. The summed E-state index contributed by atoms with van der Waals surface area (Å²) < 4.78 is 37.1. The smallest absolute Gasteiger partial charge is 0.416 e. The highest BCUT2D eigenvalue weighted by Crippen LogP contribution is 2.57. The molecular formula is C83H90N10O16. The normalized spacial score (nSPS) is 17.5. The third kappa shape index (κ3) is 16.3. The van der Waals surface area contributed by atoms with Gasteiger partial charge in [-0.25, -0.2) is 14.4 Å². The van der Waals surface area contributed by atoms with Crippen LogP contribution in [0.5, 0.6) is 28.7 Å². The van der Waals surface area contributed by atoms with Crippen LogP contribution in [-0.2, 0) is 53.1 Å². The molecule has 26 heteroatoms. The number of methoxy groups -OCH3 is 3. The second-order valence-corrected chi connectivity index (χ2v) is 29.4. The molecule has 5 atom stereocenters. The number of rotatable bonds is 29. The van der Waals surface area contributed by atoms with Crippen LogP contribution >= 0.6 is 0 Å². The fourth-order valence-electron chi connectivity index (χ4n) is 14.9. The van der Waals surface area contributed by atoms with Crippen molar-refractivity contribution >= 4 is 81.8 Å². The molecule has 568 valence electrons. The molecule has 1 spiro atoms. The number of aliphatic imine (C=N–C) groups is 1. The number of benzene rings is 6. The number of nitrogens with one attached hydrogen (secondary N) is 2. The lowest BCUT2D eigenvalue weighted by molar-refractivity contribution is -0.133. The number of Topliss-reactive ketones (excluding diaryl/α,β-unsaturated/α-hetero) is 3. The zero-order valence-electron chi connectivity index (χ0n) is 62.4. The van der Waals surface area contributed by atoms with Gasteiger partial charge in [0, 0.05) is 106 Å². The first-order valence-corrected chi connectivity index (χ1v) is 37.0. The Bertz CT molecular complexity index is 4750. The van der Waals surface area contributed by atoms with Crippen molar-refractivity contribution in [2.45, 2.75) is 149 Å². The summed E-state index contributed by atoms with van der Waals surface area (Å²) in [6, 6.07) is 34.2. The number of aromatic nitrogens is 3. The fourth-order valence-corrected chi connectivity index (χ4v) is 14.9. The molecule has 0 radical (unpaired) electrons. The van der Waals surface area contributed by atoms with Crippen LogP contribution in [0, 0.1) is 17.3 Å². The van der Waals surface area contributed by atoms with Crippen molar-refractivity contribution in [2.24, 2.45) is 22.2 Å². The van der Waals surface area contributed by atoms with Crippen LogP contribution in [-0.4, -0.2) is 161 Å². The quantitative estimate of drug-likeness (QED) is 0.0367. The molecule has 6 aromatic carbocycles. The number of para-hydroxylation sites is 1. The molecule has 1 unspecified atom stereocenters. The van der Waals surface area contributed by atoms with Crippen LogP contribution in [0.4, 0.5) is 21.9 Å². The number of aliphatic hydroxyl groups excluding tert-OH is 1. The first-order chi connectivity index (χ1) is 52.5. The Morgan fingerprint density at radius 1 is 0.697 bits per heavy atom. The Hall–Kier alpha value is -11.5. The Labute approximate surface area is 631 Å². The minimum Gasteiger partial charge on any atom is -0.497 e. The minimum atomic E-state index is -1.49. The second-order valence-electron chi connectivity index (χ2n) is 29.4. The van der Waals surface area contributed by atoms with Crippen molar-refractivity contribution < 1.29 is 76.7 Å². The highest BCUT2D eigenvalue weighted by Gasteiger charge is 2.58. The van der Waals surface area contributed by atoms with E-state index in [1.165, 1.54) is 26.4 Å². The standard InChI is InChI=1S/C83H90N10O16/c1-48(2)62(36-58(95)43-85-74(97)28-24-57(94)25-29-75(98)90-44-54-14-9-10-15-60(54)77-76(87-88-93(77)49(3)4)61-16-11-12-17-66(61)90)78(99)86-50(5)69(96)34-51-18-20-52(21-19-51)46-109-82(103)92-67-40-73(71(106-8)38-64(67)80(101)91-47-83(30-31-83)41-68(91)81(92)102)108-33-13-32-107-72-39-65-63(37-70(72)105-7)79(100)89-45-55(35-56(89)42-84-65)53-22-26-59(104-6)27-23-53/h9-12,14-23,26-27,37-40,42,45,48-50,56,62,68,81,102H,13,24-25,28-36,41,43-44,46-47H2,1-8H3,(H,85,97)(H,86,99)/t50-,56-,62-,68-,81?/m0/s1. The van der Waals surface area contributed by atoms with Gasteiger partial charge in [-0.05, 0) is 110 Å². The van der Waals surface area contributed by atoms with E-state index in [2.05, 4.69) is 20.9 Å². The fraction of sp³-hybridized carbons (Fsp3) is 0.398. The van der Waals surface area contributed by atoms with Crippen molar-refractivity contribution in [2.75, 3.05) is 57.4 Å². The number of hydrogen-bond donors (Lipinski definition) is 3. The van der Waals surface area contributed by atoms with Crippen LogP contribution in [0.1, 0.15) is 148 Å². The number of amides is 6. The number of ether oxygens (including phenoxy) is 6. The number of fused-ring (bicyclic) bond motifs is 9. The van der Waals surface area contributed by atoms with E-state index in [4.69, 9.17) is 33.4 Å². The number of nitrogens with zero attached hydrogens (tertiary/aromatic N) is 8. The van der Waals surface area contributed by atoms with Gasteiger partial charge in [0.15, 0.2) is 40.8 Å². The Morgan fingerprint density at radius 3 is 2.07 bits per heavy atom. The maximum absolute atomic E-state index is 14.5. The molecule has 6 heterocycles. The molecule has 109 heavy (non-hydrogen) atoms. The van der Waals surface area contributed by atoms with E-state index < -0.39 is 47.9 Å². The summed E-state index contributed by atoms with van der Waals surface area (Å²) in [5, 5.41) is 26.6. The molecule has 1 saturated carbocycles. The van der Waals surface area contributed by atoms with Gasteiger partial charge < -0.3 is 58.9 Å². The maximum atomic E-state index is 14.5. The Balaban J connectivity index is 0.569. The number of aliphatic hydroxyl groups is 1. The van der Waals surface area contributed by atoms with Crippen molar-refractivity contribution in [1.82, 2.24) is 35.4 Å². The largest absolute Gasteiger partial charge is 0.497 e. The highest BCUT2D eigenvalue weighted by atomic mass is 16.6. The molecule has 0 bridgehead atoms. The average molecular weight is 1480 g/mol. The number of hydrogen-bond acceptors (Lipinski definition) is 19. The molecule has 5 aliphatic heterocycles. The maximum Gasteiger partial charge on any atom is 0.416 e. The molecule has 1 aliphatic carbocycles. The van der Waals surface area contributed by atoms with Crippen molar-refractivity contribution in [3.63, 3.8) is 0 Å². The van der Waals surface area contributed by atoms with Crippen molar-refractivity contribution in [3.05, 3.63) is 161 Å². The van der Waals surface area contributed by atoms with E-state index in [0.29, 0.717) is 71.1 Å². The summed E-state index contributed by atoms with van der Waals surface area (Å²) in [7, 11) is 4.55. The van der Waals surface area contributed by atoms with Gasteiger partial charge in [-0.2, -0.15) is 0 Å². The number of carbonyl (C=O) groups is 9.